The minimum atomic E-state index is -0.804. The largest absolute Gasteiger partial charge is 0.481 e. The number of carbonyl (C=O) groups is 2. The van der Waals surface area contributed by atoms with Crippen LogP contribution in [0.4, 0.5) is 4.79 Å². The molecule has 0 spiro atoms. The van der Waals surface area contributed by atoms with E-state index in [0.29, 0.717) is 25.4 Å². The fraction of sp³-hybridized carbons (Fsp3) is 0.857. The molecule has 2 amide bonds. The van der Waals surface area contributed by atoms with Crippen LogP contribution in [0.25, 0.3) is 0 Å². The van der Waals surface area contributed by atoms with Gasteiger partial charge >= 0.3 is 12.0 Å². The van der Waals surface area contributed by atoms with Crippen LogP contribution in [0.5, 0.6) is 0 Å². The molecule has 0 aromatic rings. The zero-order valence-corrected chi connectivity index (χ0v) is 11.9. The average molecular weight is 268 g/mol. The van der Waals surface area contributed by atoms with Gasteiger partial charge in [0.1, 0.15) is 0 Å². The number of hydrogen-bond donors (Lipinski definition) is 1. The molecule has 5 nitrogen and oxygen atoms in total. The number of carboxylic acids is 1. The molecule has 1 atom stereocenters. The van der Waals surface area contributed by atoms with Crippen molar-refractivity contribution in [2.24, 2.45) is 11.3 Å². The second-order valence-corrected chi connectivity index (χ2v) is 6.35. The summed E-state index contributed by atoms with van der Waals surface area (Å²) in [5.74, 6) is -0.177. The third-order valence-corrected chi connectivity index (χ3v) is 4.59. The molecule has 1 heterocycles. The van der Waals surface area contributed by atoms with Crippen LogP contribution in [0.15, 0.2) is 0 Å². The van der Waals surface area contributed by atoms with Crippen LogP contribution in [0.3, 0.4) is 0 Å². The lowest BCUT2D eigenvalue weighted by Crippen LogP contribution is -2.43. The number of likely N-dealkylation sites (tertiary alicyclic amines) is 1. The van der Waals surface area contributed by atoms with Crippen molar-refractivity contribution in [3.8, 4) is 0 Å². The second kappa shape index (κ2) is 5.39. The lowest BCUT2D eigenvalue weighted by molar-refractivity contribution is -0.147. The van der Waals surface area contributed by atoms with Crippen molar-refractivity contribution in [2.75, 3.05) is 26.7 Å². The predicted octanol–water partition coefficient (Wildman–Crippen LogP) is 2.03. The van der Waals surface area contributed by atoms with Crippen molar-refractivity contribution >= 4 is 12.0 Å². The summed E-state index contributed by atoms with van der Waals surface area (Å²) in [6, 6.07) is -0.0168. The Hall–Kier alpha value is -1.26. The molecule has 2 rings (SSSR count). The Morgan fingerprint density at radius 1 is 1.37 bits per heavy atom. The van der Waals surface area contributed by atoms with E-state index in [1.165, 1.54) is 25.7 Å². The minimum Gasteiger partial charge on any atom is -0.481 e. The molecule has 1 aliphatic heterocycles. The molecule has 2 fully saturated rings. The van der Waals surface area contributed by atoms with E-state index in [4.69, 9.17) is 0 Å². The molecule has 1 saturated carbocycles. The molecule has 5 heteroatoms. The van der Waals surface area contributed by atoms with E-state index in [1.807, 2.05) is 7.05 Å². The zero-order chi connectivity index (χ0) is 14.0. The SMILES string of the molecule is CN(CC1CCCC1)C(=O)N1CCC(C)(C(=O)O)C1. The third kappa shape index (κ3) is 3.01. The highest BCUT2D eigenvalue weighted by Gasteiger charge is 2.42. The van der Waals surface area contributed by atoms with Crippen molar-refractivity contribution in [1.82, 2.24) is 9.80 Å². The van der Waals surface area contributed by atoms with Crippen LogP contribution < -0.4 is 0 Å². The molecule has 1 saturated heterocycles. The molecule has 0 bridgehead atoms. The van der Waals surface area contributed by atoms with Gasteiger partial charge in [-0.05, 0) is 32.1 Å². The summed E-state index contributed by atoms with van der Waals surface area (Å²) in [6.07, 6.45) is 5.52. The van der Waals surface area contributed by atoms with Crippen molar-refractivity contribution in [3.05, 3.63) is 0 Å². The normalized spacial score (nSPS) is 27.8. The molecule has 1 unspecified atom stereocenters. The number of amides is 2. The van der Waals surface area contributed by atoms with Crippen molar-refractivity contribution in [3.63, 3.8) is 0 Å². The predicted molar refractivity (Wildman–Crippen MR) is 71.9 cm³/mol. The molecule has 0 radical (unpaired) electrons. The lowest BCUT2D eigenvalue weighted by Gasteiger charge is -2.27. The summed E-state index contributed by atoms with van der Waals surface area (Å²) in [5, 5.41) is 9.19. The van der Waals surface area contributed by atoms with Gasteiger partial charge in [0.25, 0.3) is 0 Å². The molecule has 1 N–H and O–H groups in total. The maximum absolute atomic E-state index is 12.3. The van der Waals surface area contributed by atoms with Gasteiger partial charge in [0.2, 0.25) is 0 Å². The second-order valence-electron chi connectivity index (χ2n) is 6.35. The van der Waals surface area contributed by atoms with Gasteiger partial charge in [0.15, 0.2) is 0 Å². The first kappa shape index (κ1) is 14.2. The number of nitrogens with zero attached hydrogens (tertiary/aromatic N) is 2. The summed E-state index contributed by atoms with van der Waals surface area (Å²) in [4.78, 5) is 26.9. The molecule has 2 aliphatic rings. The number of urea groups is 1. The van der Waals surface area contributed by atoms with Gasteiger partial charge in [-0.15, -0.1) is 0 Å². The molecule has 108 valence electrons. The first-order valence-electron chi connectivity index (χ1n) is 7.16. The number of hydrogen-bond acceptors (Lipinski definition) is 2. The van der Waals surface area contributed by atoms with Crippen LogP contribution in [0.1, 0.15) is 39.0 Å². The van der Waals surface area contributed by atoms with Crippen LogP contribution in [-0.2, 0) is 4.79 Å². The van der Waals surface area contributed by atoms with Crippen molar-refractivity contribution in [2.45, 2.75) is 39.0 Å². The molecule has 19 heavy (non-hydrogen) atoms. The third-order valence-electron chi connectivity index (χ3n) is 4.59. The Bertz CT molecular complexity index is 366. The summed E-state index contributed by atoms with van der Waals surface area (Å²) < 4.78 is 0. The molecule has 0 aromatic heterocycles. The first-order valence-corrected chi connectivity index (χ1v) is 7.16. The number of aliphatic carboxylic acids is 1. The van der Waals surface area contributed by atoms with Gasteiger partial charge in [-0.2, -0.15) is 0 Å². The van der Waals surface area contributed by atoms with Gasteiger partial charge in [-0.1, -0.05) is 12.8 Å². The number of carbonyl (C=O) groups excluding carboxylic acids is 1. The van der Waals surface area contributed by atoms with Crippen LogP contribution >= 0.6 is 0 Å². The van der Waals surface area contributed by atoms with Gasteiger partial charge in [0.05, 0.1) is 5.41 Å². The number of rotatable bonds is 3. The molecular weight excluding hydrogens is 244 g/mol. The summed E-state index contributed by atoms with van der Waals surface area (Å²) >= 11 is 0. The Kier molecular flexibility index (Phi) is 4.02. The van der Waals surface area contributed by atoms with E-state index in [0.717, 1.165) is 6.54 Å². The van der Waals surface area contributed by atoms with Gasteiger partial charge in [0, 0.05) is 26.7 Å². The standard InChI is InChI=1S/C14H24N2O3/c1-14(12(17)18)7-8-16(10-14)13(19)15(2)9-11-5-3-4-6-11/h11H,3-10H2,1-2H3,(H,17,18). The Morgan fingerprint density at radius 2 is 2.00 bits per heavy atom. The average Bonchev–Trinajstić information content (AvgIpc) is 2.98. The Balaban J connectivity index is 1.88. The van der Waals surface area contributed by atoms with E-state index in [1.54, 1.807) is 16.7 Å². The maximum atomic E-state index is 12.3. The molecule has 1 aliphatic carbocycles. The van der Waals surface area contributed by atoms with E-state index in [-0.39, 0.29) is 6.03 Å². The van der Waals surface area contributed by atoms with E-state index >= 15 is 0 Å². The fourth-order valence-corrected chi connectivity index (χ4v) is 3.20. The quantitative estimate of drug-likeness (QED) is 0.852. The Labute approximate surface area is 114 Å². The zero-order valence-electron chi connectivity index (χ0n) is 11.9. The Morgan fingerprint density at radius 3 is 2.53 bits per heavy atom. The highest BCUT2D eigenvalue weighted by Crippen LogP contribution is 2.31. The number of carboxylic acid groups (broad SMARTS) is 1. The molecule has 0 aromatic carbocycles. The van der Waals surface area contributed by atoms with Crippen LogP contribution in [0.2, 0.25) is 0 Å². The van der Waals surface area contributed by atoms with Gasteiger partial charge < -0.3 is 14.9 Å². The van der Waals surface area contributed by atoms with Crippen molar-refractivity contribution < 1.29 is 14.7 Å². The van der Waals surface area contributed by atoms with Crippen LogP contribution in [-0.4, -0.2) is 53.6 Å². The highest BCUT2D eigenvalue weighted by molar-refractivity contribution is 5.79. The van der Waals surface area contributed by atoms with Crippen molar-refractivity contribution in [1.29, 1.82) is 0 Å². The summed E-state index contributed by atoms with van der Waals surface area (Å²) in [7, 11) is 1.83. The highest BCUT2D eigenvalue weighted by atomic mass is 16.4. The van der Waals surface area contributed by atoms with Crippen LogP contribution in [0, 0.1) is 11.3 Å². The van der Waals surface area contributed by atoms with Gasteiger partial charge in [-0.25, -0.2) is 4.79 Å². The van der Waals surface area contributed by atoms with E-state index in [2.05, 4.69) is 0 Å². The van der Waals surface area contributed by atoms with E-state index in [9.17, 15) is 14.7 Å². The monoisotopic (exact) mass is 268 g/mol. The fourth-order valence-electron chi connectivity index (χ4n) is 3.20. The summed E-state index contributed by atoms with van der Waals surface area (Å²) in [5.41, 5.74) is -0.774. The summed E-state index contributed by atoms with van der Waals surface area (Å²) in [6.45, 7) is 3.41. The molecular formula is C14H24N2O3. The topological polar surface area (TPSA) is 60.9 Å². The van der Waals surface area contributed by atoms with Gasteiger partial charge in [-0.3, -0.25) is 4.79 Å². The minimum absolute atomic E-state index is 0.0168. The smallest absolute Gasteiger partial charge is 0.319 e. The first-order chi connectivity index (χ1) is 8.92. The maximum Gasteiger partial charge on any atom is 0.319 e. The lowest BCUT2D eigenvalue weighted by atomic mass is 9.90. The van der Waals surface area contributed by atoms with E-state index < -0.39 is 11.4 Å².